The van der Waals surface area contributed by atoms with Gasteiger partial charge in [-0.1, -0.05) is 33.6 Å². The van der Waals surface area contributed by atoms with E-state index in [1.165, 1.54) is 19.3 Å². The fourth-order valence-corrected chi connectivity index (χ4v) is 2.24. The van der Waals surface area contributed by atoms with Gasteiger partial charge in [0.25, 0.3) is 0 Å². The van der Waals surface area contributed by atoms with E-state index in [1.807, 2.05) is 6.07 Å². The van der Waals surface area contributed by atoms with Crippen molar-refractivity contribution in [1.82, 2.24) is 9.97 Å². The Labute approximate surface area is 102 Å². The zero-order chi connectivity index (χ0) is 12.0. The van der Waals surface area contributed by atoms with Crippen molar-refractivity contribution in [2.75, 3.05) is 11.5 Å². The van der Waals surface area contributed by atoms with E-state index in [2.05, 4.69) is 30.7 Å². The highest BCUT2D eigenvalue weighted by Crippen LogP contribution is 2.21. The monoisotopic (exact) mass is 239 g/mol. The van der Waals surface area contributed by atoms with E-state index in [0.29, 0.717) is 11.7 Å². The molecular formula is C12H21N3S. The molecule has 1 aromatic rings. The van der Waals surface area contributed by atoms with E-state index >= 15 is 0 Å². The quantitative estimate of drug-likeness (QED) is 0.469. The van der Waals surface area contributed by atoms with Crippen LogP contribution in [0.1, 0.15) is 51.8 Å². The van der Waals surface area contributed by atoms with Crippen LogP contribution in [0.25, 0.3) is 0 Å². The van der Waals surface area contributed by atoms with Gasteiger partial charge in [0.1, 0.15) is 16.7 Å². The normalized spacial score (nSPS) is 11.0. The number of hydrogen-bond acceptors (Lipinski definition) is 4. The number of nitrogens with two attached hydrogens (primary N) is 1. The van der Waals surface area contributed by atoms with Crippen molar-refractivity contribution in [3.05, 3.63) is 11.9 Å². The molecule has 0 atom stereocenters. The summed E-state index contributed by atoms with van der Waals surface area (Å²) in [5, 5.41) is 1.01. The molecule has 0 unspecified atom stereocenters. The first-order valence-electron chi connectivity index (χ1n) is 5.90. The molecule has 0 amide bonds. The molecule has 1 rings (SSSR count). The van der Waals surface area contributed by atoms with Gasteiger partial charge in [0.2, 0.25) is 0 Å². The van der Waals surface area contributed by atoms with Crippen LogP contribution in [0.5, 0.6) is 0 Å². The maximum atomic E-state index is 5.76. The minimum absolute atomic E-state index is 0.332. The molecule has 0 aliphatic carbocycles. The summed E-state index contributed by atoms with van der Waals surface area (Å²) in [6.07, 6.45) is 3.77. The number of nitrogen functional groups attached to an aromatic ring is 1. The van der Waals surface area contributed by atoms with Gasteiger partial charge in [-0.2, -0.15) is 0 Å². The molecule has 0 bridgehead atoms. The van der Waals surface area contributed by atoms with Crippen LogP contribution in [0.2, 0.25) is 0 Å². The Balaban J connectivity index is 2.58. The zero-order valence-corrected chi connectivity index (χ0v) is 11.2. The molecular weight excluding hydrogens is 218 g/mol. The predicted octanol–water partition coefficient (Wildman–Crippen LogP) is 3.46. The summed E-state index contributed by atoms with van der Waals surface area (Å²) < 4.78 is 0. The van der Waals surface area contributed by atoms with Crippen molar-refractivity contribution in [2.45, 2.75) is 51.0 Å². The molecule has 90 valence electrons. The Morgan fingerprint density at radius 2 is 2.06 bits per heavy atom. The zero-order valence-electron chi connectivity index (χ0n) is 10.4. The lowest BCUT2D eigenvalue weighted by Gasteiger charge is -2.07. The van der Waals surface area contributed by atoms with Crippen molar-refractivity contribution in [3.8, 4) is 0 Å². The lowest BCUT2D eigenvalue weighted by Crippen LogP contribution is -2.02. The smallest absolute Gasteiger partial charge is 0.134 e. The van der Waals surface area contributed by atoms with E-state index in [-0.39, 0.29) is 0 Å². The summed E-state index contributed by atoms with van der Waals surface area (Å²) in [6.45, 7) is 6.38. The van der Waals surface area contributed by atoms with E-state index in [4.69, 9.17) is 5.73 Å². The van der Waals surface area contributed by atoms with Gasteiger partial charge in [-0.15, -0.1) is 11.8 Å². The highest BCUT2D eigenvalue weighted by Gasteiger charge is 2.06. The Morgan fingerprint density at radius 3 is 2.69 bits per heavy atom. The number of nitrogens with zero attached hydrogens (tertiary/aromatic N) is 2. The molecule has 0 spiro atoms. The topological polar surface area (TPSA) is 51.8 Å². The van der Waals surface area contributed by atoms with Gasteiger partial charge in [-0.05, 0) is 12.2 Å². The number of aromatic nitrogens is 2. The second kappa shape index (κ2) is 6.74. The average Bonchev–Trinajstić information content (AvgIpc) is 2.23. The van der Waals surface area contributed by atoms with Crippen molar-refractivity contribution in [1.29, 1.82) is 0 Å². The molecule has 0 radical (unpaired) electrons. The molecule has 3 nitrogen and oxygen atoms in total. The lowest BCUT2D eigenvalue weighted by molar-refractivity contribution is 0.754. The first kappa shape index (κ1) is 13.3. The van der Waals surface area contributed by atoms with Gasteiger partial charge >= 0.3 is 0 Å². The third-order valence-electron chi connectivity index (χ3n) is 2.25. The summed E-state index contributed by atoms with van der Waals surface area (Å²) in [7, 11) is 0. The van der Waals surface area contributed by atoms with E-state index < -0.39 is 0 Å². The van der Waals surface area contributed by atoms with Crippen LogP contribution in [0, 0.1) is 0 Å². The first-order valence-corrected chi connectivity index (χ1v) is 6.89. The standard InChI is InChI=1S/C12H21N3S/c1-4-5-6-7-16-11-8-10(13)14-12(15-11)9(2)3/h8-9H,4-7H2,1-3H3,(H2,13,14,15). The molecule has 0 aliphatic heterocycles. The second-order valence-electron chi connectivity index (χ2n) is 4.20. The fourth-order valence-electron chi connectivity index (χ4n) is 1.32. The Kier molecular flexibility index (Phi) is 5.60. The van der Waals surface area contributed by atoms with Crippen molar-refractivity contribution in [3.63, 3.8) is 0 Å². The Bertz CT molecular complexity index is 326. The molecule has 1 aromatic heterocycles. The van der Waals surface area contributed by atoms with Crippen LogP contribution in [0.4, 0.5) is 5.82 Å². The third kappa shape index (κ3) is 4.39. The highest BCUT2D eigenvalue weighted by molar-refractivity contribution is 7.99. The van der Waals surface area contributed by atoms with Crippen molar-refractivity contribution in [2.24, 2.45) is 0 Å². The SMILES string of the molecule is CCCCCSc1cc(N)nc(C(C)C)n1. The van der Waals surface area contributed by atoms with E-state index in [0.717, 1.165) is 16.6 Å². The molecule has 1 heterocycles. The highest BCUT2D eigenvalue weighted by atomic mass is 32.2. The Hall–Kier alpha value is -0.770. The summed E-state index contributed by atoms with van der Waals surface area (Å²) in [5.41, 5.74) is 5.76. The van der Waals surface area contributed by atoms with Crippen LogP contribution >= 0.6 is 11.8 Å². The van der Waals surface area contributed by atoms with Gasteiger partial charge in [0, 0.05) is 12.0 Å². The molecule has 0 fully saturated rings. The van der Waals surface area contributed by atoms with E-state index in [9.17, 15) is 0 Å². The van der Waals surface area contributed by atoms with Crippen LogP contribution in [-0.2, 0) is 0 Å². The maximum Gasteiger partial charge on any atom is 0.134 e. The number of rotatable bonds is 6. The minimum atomic E-state index is 0.332. The predicted molar refractivity (Wildman–Crippen MR) is 70.8 cm³/mol. The van der Waals surface area contributed by atoms with Gasteiger partial charge < -0.3 is 5.73 Å². The molecule has 4 heteroatoms. The van der Waals surface area contributed by atoms with Gasteiger partial charge in [0.05, 0.1) is 0 Å². The molecule has 2 N–H and O–H groups in total. The minimum Gasteiger partial charge on any atom is -0.384 e. The Morgan fingerprint density at radius 1 is 1.31 bits per heavy atom. The number of unbranched alkanes of at least 4 members (excludes halogenated alkanes) is 2. The van der Waals surface area contributed by atoms with Gasteiger partial charge in [-0.25, -0.2) is 9.97 Å². The first-order chi connectivity index (χ1) is 7.63. The van der Waals surface area contributed by atoms with Crippen LogP contribution in [-0.4, -0.2) is 15.7 Å². The number of thioether (sulfide) groups is 1. The third-order valence-corrected chi connectivity index (χ3v) is 3.25. The summed E-state index contributed by atoms with van der Waals surface area (Å²) in [4.78, 5) is 8.73. The van der Waals surface area contributed by atoms with Crippen molar-refractivity contribution < 1.29 is 0 Å². The van der Waals surface area contributed by atoms with Gasteiger partial charge in [-0.3, -0.25) is 0 Å². The summed E-state index contributed by atoms with van der Waals surface area (Å²) in [5.74, 6) is 2.87. The molecule has 0 saturated heterocycles. The van der Waals surface area contributed by atoms with Crippen molar-refractivity contribution >= 4 is 17.6 Å². The number of anilines is 1. The van der Waals surface area contributed by atoms with Gasteiger partial charge in [0.15, 0.2) is 0 Å². The summed E-state index contributed by atoms with van der Waals surface area (Å²) in [6, 6.07) is 1.86. The van der Waals surface area contributed by atoms with Crippen LogP contribution < -0.4 is 5.73 Å². The molecule has 0 saturated carbocycles. The molecule has 0 aromatic carbocycles. The largest absolute Gasteiger partial charge is 0.384 e. The fraction of sp³-hybridized carbons (Fsp3) is 0.667. The molecule has 0 aliphatic rings. The summed E-state index contributed by atoms with van der Waals surface area (Å²) >= 11 is 1.77. The molecule has 16 heavy (non-hydrogen) atoms. The van der Waals surface area contributed by atoms with Crippen LogP contribution in [0.3, 0.4) is 0 Å². The lowest BCUT2D eigenvalue weighted by atomic mass is 10.2. The van der Waals surface area contributed by atoms with Crippen LogP contribution in [0.15, 0.2) is 11.1 Å². The number of hydrogen-bond donors (Lipinski definition) is 1. The average molecular weight is 239 g/mol. The maximum absolute atomic E-state index is 5.76. The van der Waals surface area contributed by atoms with E-state index in [1.54, 1.807) is 11.8 Å². The second-order valence-corrected chi connectivity index (χ2v) is 5.31.